The first-order valence-electron chi connectivity index (χ1n) is 6.12. The van der Waals surface area contributed by atoms with Crippen LogP contribution in [0.5, 0.6) is 0 Å². The molecule has 0 heterocycles. The lowest BCUT2D eigenvalue weighted by molar-refractivity contribution is 0.138. The van der Waals surface area contributed by atoms with Crippen LogP contribution < -0.4 is 0 Å². The van der Waals surface area contributed by atoms with Gasteiger partial charge in [-0.3, -0.25) is 0 Å². The van der Waals surface area contributed by atoms with Crippen molar-refractivity contribution in [2.24, 2.45) is 0 Å². The highest BCUT2D eigenvalue weighted by Gasteiger charge is 2.18. The highest BCUT2D eigenvalue weighted by Crippen LogP contribution is 2.16. The zero-order chi connectivity index (χ0) is 12.6. The van der Waals surface area contributed by atoms with Gasteiger partial charge in [-0.25, -0.2) is 0 Å². The minimum absolute atomic E-state index is 0.173. The zero-order valence-electron chi connectivity index (χ0n) is 11.1. The second-order valence-corrected chi connectivity index (χ2v) is 5.47. The van der Waals surface area contributed by atoms with Crippen LogP contribution in [0.1, 0.15) is 53.9 Å². The molecule has 0 fully saturated rings. The summed E-state index contributed by atoms with van der Waals surface area (Å²) in [6, 6.07) is 0. The maximum absolute atomic E-state index is 5.68. The predicted molar refractivity (Wildman–Crippen MR) is 74.7 cm³/mol. The van der Waals surface area contributed by atoms with Crippen molar-refractivity contribution in [1.82, 2.24) is 0 Å². The van der Waals surface area contributed by atoms with E-state index in [0.717, 1.165) is 6.42 Å². The molecule has 0 rings (SSSR count). The van der Waals surface area contributed by atoms with Crippen LogP contribution in [0.4, 0.5) is 0 Å². The molecule has 16 heavy (non-hydrogen) atoms. The van der Waals surface area contributed by atoms with E-state index in [9.17, 15) is 0 Å². The summed E-state index contributed by atoms with van der Waals surface area (Å²) < 4.78 is 12.5. The normalized spacial score (nSPS) is 12.6. The molecule has 4 heteroatoms. The minimum Gasteiger partial charge on any atom is -0.405 e. The van der Waals surface area contributed by atoms with E-state index in [1.165, 1.54) is 17.3 Å². The van der Waals surface area contributed by atoms with E-state index in [4.69, 9.17) is 9.31 Å². The highest BCUT2D eigenvalue weighted by molar-refractivity contribution is 9.11. The molecule has 0 atom stereocenters. The van der Waals surface area contributed by atoms with Crippen molar-refractivity contribution in [2.75, 3.05) is 0 Å². The van der Waals surface area contributed by atoms with Crippen LogP contribution in [0.3, 0.4) is 0 Å². The van der Waals surface area contributed by atoms with Gasteiger partial charge >= 0.3 is 7.12 Å². The van der Waals surface area contributed by atoms with Crippen molar-refractivity contribution in [3.05, 3.63) is 10.5 Å². The molecule has 0 radical (unpaired) electrons. The van der Waals surface area contributed by atoms with E-state index < -0.39 is 0 Å². The molecule has 0 amide bonds. The van der Waals surface area contributed by atoms with E-state index >= 15 is 0 Å². The van der Waals surface area contributed by atoms with Gasteiger partial charge in [0.25, 0.3) is 0 Å². The largest absolute Gasteiger partial charge is 0.487 e. The van der Waals surface area contributed by atoms with Gasteiger partial charge in [0.1, 0.15) is 0 Å². The molecular weight excluding hydrogens is 267 g/mol. The Morgan fingerprint density at radius 2 is 1.69 bits per heavy atom. The molecule has 0 aliphatic rings. The molecule has 0 aromatic heterocycles. The summed E-state index contributed by atoms with van der Waals surface area (Å²) in [6.07, 6.45) is 3.78. The van der Waals surface area contributed by atoms with Crippen molar-refractivity contribution >= 4 is 23.0 Å². The molecule has 0 unspecified atom stereocenters. The van der Waals surface area contributed by atoms with Gasteiger partial charge < -0.3 is 9.31 Å². The van der Waals surface area contributed by atoms with Gasteiger partial charge in [0, 0.05) is 12.2 Å². The van der Waals surface area contributed by atoms with Gasteiger partial charge in [0.2, 0.25) is 0 Å². The van der Waals surface area contributed by atoms with Crippen LogP contribution >= 0.6 is 15.9 Å². The maximum Gasteiger partial charge on any atom is 0.487 e. The molecule has 0 aliphatic carbocycles. The van der Waals surface area contributed by atoms with Gasteiger partial charge in [-0.1, -0.05) is 29.3 Å². The lowest BCUT2D eigenvalue weighted by atomic mass is 9.88. The van der Waals surface area contributed by atoms with Crippen molar-refractivity contribution in [3.8, 4) is 0 Å². The first-order valence-corrected chi connectivity index (χ1v) is 6.92. The van der Waals surface area contributed by atoms with Crippen molar-refractivity contribution in [1.29, 1.82) is 0 Å². The number of hydrogen-bond donors (Lipinski definition) is 0. The fourth-order valence-corrected chi connectivity index (χ4v) is 1.72. The summed E-state index contributed by atoms with van der Waals surface area (Å²) in [6.45, 7) is 10.3. The Bertz CT molecular complexity index is 195. The van der Waals surface area contributed by atoms with Crippen molar-refractivity contribution in [2.45, 2.75) is 66.1 Å². The monoisotopic (exact) mass is 290 g/mol. The van der Waals surface area contributed by atoms with Gasteiger partial charge in [-0.2, -0.15) is 0 Å². The highest BCUT2D eigenvalue weighted by atomic mass is 79.9. The molecule has 2 nitrogen and oxygen atoms in total. The van der Waals surface area contributed by atoms with Crippen molar-refractivity contribution < 1.29 is 9.31 Å². The summed E-state index contributed by atoms with van der Waals surface area (Å²) in [5.41, 5.74) is 0. The SMILES string of the molecule is CCCC/C(Br)=C/B(OC(C)C)OC(C)C. The second kappa shape index (κ2) is 9.26. The van der Waals surface area contributed by atoms with Crippen LogP contribution in [0.15, 0.2) is 10.5 Å². The first kappa shape index (κ1) is 16.2. The lowest BCUT2D eigenvalue weighted by Gasteiger charge is -2.17. The molecule has 0 N–H and O–H groups in total. The smallest absolute Gasteiger partial charge is 0.405 e. The van der Waals surface area contributed by atoms with E-state index in [1.54, 1.807) is 0 Å². The third kappa shape index (κ3) is 9.43. The number of unbranched alkanes of at least 4 members (excludes halogenated alkanes) is 1. The molecule has 0 aromatic carbocycles. The number of hydrogen-bond acceptors (Lipinski definition) is 2. The quantitative estimate of drug-likeness (QED) is 0.620. The minimum atomic E-state index is -0.244. The molecule has 0 spiro atoms. The van der Waals surface area contributed by atoms with Gasteiger partial charge in [-0.05, 0) is 51.0 Å². The van der Waals surface area contributed by atoms with E-state index in [2.05, 4.69) is 22.9 Å². The number of allylic oxidation sites excluding steroid dienone is 1. The van der Waals surface area contributed by atoms with Gasteiger partial charge in [-0.15, -0.1) is 0 Å². The van der Waals surface area contributed by atoms with E-state index in [1.807, 2.05) is 33.7 Å². The standard InChI is InChI=1S/C12H24BBrO2/c1-6-7-8-12(14)9-13(15-10(2)3)16-11(4)5/h9-11H,6-8H2,1-5H3/b12-9-. The van der Waals surface area contributed by atoms with Crippen LogP contribution in [0, 0.1) is 0 Å². The third-order valence-corrected chi connectivity index (χ3v) is 2.56. The average Bonchev–Trinajstić information content (AvgIpc) is 2.12. The van der Waals surface area contributed by atoms with Crippen LogP contribution in [0.2, 0.25) is 0 Å². The van der Waals surface area contributed by atoms with Gasteiger partial charge in [0.05, 0.1) is 0 Å². The summed E-state index contributed by atoms with van der Waals surface area (Å²) in [5.74, 6) is 2.02. The summed E-state index contributed by atoms with van der Waals surface area (Å²) in [7, 11) is -0.244. The Morgan fingerprint density at radius 3 is 2.06 bits per heavy atom. The van der Waals surface area contributed by atoms with Crippen molar-refractivity contribution in [3.63, 3.8) is 0 Å². The number of halogens is 1. The molecule has 0 saturated heterocycles. The average molecular weight is 291 g/mol. The first-order chi connectivity index (χ1) is 7.45. The fourth-order valence-electron chi connectivity index (χ4n) is 1.22. The molecule has 0 aromatic rings. The summed E-state index contributed by atoms with van der Waals surface area (Å²) in [4.78, 5) is 0. The molecular formula is C12H24BBrO2. The molecule has 94 valence electrons. The van der Waals surface area contributed by atoms with Crippen LogP contribution in [0.25, 0.3) is 0 Å². The van der Waals surface area contributed by atoms with E-state index in [0.29, 0.717) is 0 Å². The van der Waals surface area contributed by atoms with Crippen LogP contribution in [-0.4, -0.2) is 19.3 Å². The number of rotatable bonds is 8. The molecule has 0 saturated carbocycles. The Balaban J connectivity index is 4.26. The Hall–Kier alpha value is 0.205. The molecule has 0 aliphatic heterocycles. The maximum atomic E-state index is 5.68. The summed E-state index contributed by atoms with van der Waals surface area (Å²) in [5, 5.41) is 0. The van der Waals surface area contributed by atoms with Gasteiger partial charge in [0.15, 0.2) is 0 Å². The Morgan fingerprint density at radius 1 is 1.19 bits per heavy atom. The Labute approximate surface area is 109 Å². The molecule has 0 bridgehead atoms. The van der Waals surface area contributed by atoms with Crippen LogP contribution in [-0.2, 0) is 9.31 Å². The third-order valence-electron chi connectivity index (χ3n) is 1.90. The van der Waals surface area contributed by atoms with E-state index in [-0.39, 0.29) is 19.3 Å². The Kier molecular flexibility index (Phi) is 9.38. The predicted octanol–water partition coefficient (Wildman–Crippen LogP) is 4.33. The second-order valence-electron chi connectivity index (χ2n) is 4.46. The lowest BCUT2D eigenvalue weighted by Crippen LogP contribution is -2.28. The fraction of sp³-hybridized carbons (Fsp3) is 0.833. The summed E-state index contributed by atoms with van der Waals surface area (Å²) >= 11 is 3.56. The zero-order valence-corrected chi connectivity index (χ0v) is 12.7. The topological polar surface area (TPSA) is 18.5 Å².